The molecule has 0 aliphatic carbocycles. The van der Waals surface area contributed by atoms with Crippen LogP contribution in [0.25, 0.3) is 22.3 Å². The maximum atomic E-state index is 13.2. The summed E-state index contributed by atoms with van der Waals surface area (Å²) in [6.07, 6.45) is -2.99. The lowest BCUT2D eigenvalue weighted by Crippen LogP contribution is -2.20. The van der Waals surface area contributed by atoms with Crippen molar-refractivity contribution in [3.63, 3.8) is 0 Å². The van der Waals surface area contributed by atoms with Gasteiger partial charge in [-0.25, -0.2) is 4.98 Å². The van der Waals surface area contributed by atoms with E-state index in [-0.39, 0.29) is 11.4 Å². The highest BCUT2D eigenvalue weighted by atomic mass is 19.4. The molecular weight excluding hydrogens is 405 g/mol. The van der Waals surface area contributed by atoms with Crippen LogP contribution in [0, 0.1) is 13.8 Å². The molecule has 2 aromatic carbocycles. The Kier molecular flexibility index (Phi) is 5.00. The number of para-hydroxylation sites is 1. The summed E-state index contributed by atoms with van der Waals surface area (Å²) in [5.41, 5.74) is 2.02. The number of benzene rings is 2. The van der Waals surface area contributed by atoms with E-state index in [1.54, 1.807) is 24.3 Å². The second-order valence-electron chi connectivity index (χ2n) is 7.28. The molecule has 0 atom stereocenters. The van der Waals surface area contributed by atoms with Gasteiger partial charge in [0.15, 0.2) is 5.82 Å². The smallest absolute Gasteiger partial charge is 0.352 e. The largest absolute Gasteiger partial charge is 0.416 e. The summed E-state index contributed by atoms with van der Waals surface area (Å²) >= 11 is 0. The van der Waals surface area contributed by atoms with Gasteiger partial charge in [0.25, 0.3) is 5.56 Å². The number of rotatable bonds is 3. The summed E-state index contributed by atoms with van der Waals surface area (Å²) in [5, 5.41) is 4.66. The molecule has 0 spiro atoms. The van der Waals surface area contributed by atoms with Gasteiger partial charge in [-0.15, -0.1) is 0 Å². The molecule has 4 aromatic rings. The maximum Gasteiger partial charge on any atom is 0.416 e. The highest BCUT2D eigenvalue weighted by Gasteiger charge is 2.31. The third-order valence-corrected chi connectivity index (χ3v) is 5.33. The minimum absolute atomic E-state index is 0.0383. The first kappa shape index (κ1) is 20.6. The van der Waals surface area contributed by atoms with Gasteiger partial charge in [0.2, 0.25) is 0 Å². The summed E-state index contributed by atoms with van der Waals surface area (Å²) in [6.45, 7) is 3.87. The van der Waals surface area contributed by atoms with Crippen LogP contribution in [0.15, 0.2) is 64.5 Å². The lowest BCUT2D eigenvalue weighted by molar-refractivity contribution is -0.137. The van der Waals surface area contributed by atoms with Gasteiger partial charge in [0.05, 0.1) is 22.7 Å². The van der Waals surface area contributed by atoms with Gasteiger partial charge in [-0.05, 0) is 44.2 Å². The molecule has 0 bridgehead atoms. The predicted molar refractivity (Wildman–Crippen MR) is 114 cm³/mol. The van der Waals surface area contributed by atoms with Crippen LogP contribution in [-0.2, 0) is 13.2 Å². The van der Waals surface area contributed by atoms with Crippen molar-refractivity contribution in [2.24, 2.45) is 12.1 Å². The molecule has 0 amide bonds. The van der Waals surface area contributed by atoms with E-state index >= 15 is 0 Å². The summed E-state index contributed by atoms with van der Waals surface area (Å²) in [4.78, 5) is 17.6. The zero-order valence-corrected chi connectivity index (χ0v) is 17.1. The van der Waals surface area contributed by atoms with E-state index in [1.807, 2.05) is 31.5 Å². The summed E-state index contributed by atoms with van der Waals surface area (Å²) in [5.74, 6) is 0.0383. The molecule has 2 aromatic heterocycles. The van der Waals surface area contributed by atoms with Crippen molar-refractivity contribution < 1.29 is 13.2 Å². The van der Waals surface area contributed by atoms with Gasteiger partial charge >= 0.3 is 6.18 Å². The van der Waals surface area contributed by atoms with Crippen LogP contribution in [0.2, 0.25) is 0 Å². The molecule has 0 radical (unpaired) electrons. The Balaban J connectivity index is 1.96. The Hall–Kier alpha value is -3.68. The molecule has 0 aliphatic heterocycles. The standard InChI is InChI=1S/C23H19F3N4O/c1-14-11-17(15(2)29(14)3)13-27-30-21(16-7-6-8-18(12-16)23(24,25)26)28-20-10-5-4-9-19(20)22(30)31/h4-13H,1-3H3. The SMILES string of the molecule is Cc1cc(C=Nn2c(-c3cccc(C(F)(F)F)c3)nc3ccccc3c2=O)c(C)n1C. The van der Waals surface area contributed by atoms with Gasteiger partial charge in [-0.3, -0.25) is 4.79 Å². The molecule has 4 rings (SSSR count). The van der Waals surface area contributed by atoms with Gasteiger partial charge in [-0.2, -0.15) is 22.9 Å². The second-order valence-corrected chi connectivity index (χ2v) is 7.28. The number of hydrogen-bond acceptors (Lipinski definition) is 3. The van der Waals surface area contributed by atoms with Crippen molar-refractivity contribution in [1.29, 1.82) is 0 Å². The first-order chi connectivity index (χ1) is 14.7. The fourth-order valence-corrected chi connectivity index (χ4v) is 3.39. The monoisotopic (exact) mass is 424 g/mol. The maximum absolute atomic E-state index is 13.2. The van der Waals surface area contributed by atoms with E-state index in [0.29, 0.717) is 10.9 Å². The molecule has 0 saturated heterocycles. The normalized spacial score (nSPS) is 12.2. The number of aryl methyl sites for hydroxylation is 1. The van der Waals surface area contributed by atoms with Crippen molar-refractivity contribution >= 4 is 17.1 Å². The molecule has 0 fully saturated rings. The Bertz CT molecular complexity index is 1380. The molecule has 5 nitrogen and oxygen atoms in total. The number of nitrogens with zero attached hydrogens (tertiary/aromatic N) is 4. The summed E-state index contributed by atoms with van der Waals surface area (Å²) in [6, 6.07) is 13.3. The quantitative estimate of drug-likeness (QED) is 0.439. The first-order valence-electron chi connectivity index (χ1n) is 9.53. The Morgan fingerprint density at radius 2 is 1.77 bits per heavy atom. The van der Waals surface area contributed by atoms with E-state index in [4.69, 9.17) is 0 Å². The van der Waals surface area contributed by atoms with Crippen LogP contribution in [0.5, 0.6) is 0 Å². The van der Waals surface area contributed by atoms with Crippen molar-refractivity contribution in [3.8, 4) is 11.4 Å². The molecular formula is C23H19F3N4O. The van der Waals surface area contributed by atoms with Gasteiger partial charge in [0, 0.05) is 29.6 Å². The Labute approximate surface area is 176 Å². The Morgan fingerprint density at radius 1 is 1.03 bits per heavy atom. The average molecular weight is 424 g/mol. The first-order valence-corrected chi connectivity index (χ1v) is 9.53. The molecule has 0 saturated carbocycles. The lowest BCUT2D eigenvalue weighted by Gasteiger charge is -2.12. The third kappa shape index (κ3) is 3.76. The molecule has 0 aliphatic rings. The molecule has 31 heavy (non-hydrogen) atoms. The Morgan fingerprint density at radius 3 is 2.45 bits per heavy atom. The molecule has 0 unspecified atom stereocenters. The van der Waals surface area contributed by atoms with Crippen molar-refractivity contribution in [2.75, 3.05) is 0 Å². The molecule has 158 valence electrons. The predicted octanol–water partition coefficient (Wildman–Crippen LogP) is 4.92. The zero-order valence-electron chi connectivity index (χ0n) is 17.1. The number of hydrogen-bond donors (Lipinski definition) is 0. The number of aromatic nitrogens is 3. The second kappa shape index (κ2) is 7.54. The van der Waals surface area contributed by atoms with Gasteiger partial charge in [-0.1, -0.05) is 24.3 Å². The van der Waals surface area contributed by atoms with Crippen molar-refractivity contribution in [3.05, 3.63) is 87.5 Å². The zero-order chi connectivity index (χ0) is 22.3. The minimum Gasteiger partial charge on any atom is -0.352 e. The van der Waals surface area contributed by atoms with Gasteiger partial charge in [0.1, 0.15) is 0 Å². The number of halogens is 3. The number of alkyl halides is 3. The van der Waals surface area contributed by atoms with Gasteiger partial charge < -0.3 is 4.57 Å². The van der Waals surface area contributed by atoms with Crippen LogP contribution in [0.1, 0.15) is 22.5 Å². The van der Waals surface area contributed by atoms with E-state index in [1.165, 1.54) is 18.3 Å². The fraction of sp³-hybridized carbons (Fsp3) is 0.174. The summed E-state index contributed by atoms with van der Waals surface area (Å²) < 4.78 is 42.8. The third-order valence-electron chi connectivity index (χ3n) is 5.33. The van der Waals surface area contributed by atoms with Crippen LogP contribution < -0.4 is 5.56 Å². The van der Waals surface area contributed by atoms with Crippen LogP contribution in [-0.4, -0.2) is 20.4 Å². The molecule has 0 N–H and O–H groups in total. The average Bonchev–Trinajstić information content (AvgIpc) is 2.99. The van der Waals surface area contributed by atoms with E-state index in [0.717, 1.165) is 33.8 Å². The van der Waals surface area contributed by atoms with E-state index < -0.39 is 17.3 Å². The van der Waals surface area contributed by atoms with E-state index in [2.05, 4.69) is 10.1 Å². The summed E-state index contributed by atoms with van der Waals surface area (Å²) in [7, 11) is 1.92. The van der Waals surface area contributed by atoms with Crippen LogP contribution in [0.4, 0.5) is 13.2 Å². The van der Waals surface area contributed by atoms with E-state index in [9.17, 15) is 18.0 Å². The molecule has 2 heterocycles. The van der Waals surface area contributed by atoms with Crippen LogP contribution in [0.3, 0.4) is 0 Å². The minimum atomic E-state index is -4.51. The number of fused-ring (bicyclic) bond motifs is 1. The topological polar surface area (TPSA) is 52.2 Å². The highest BCUT2D eigenvalue weighted by Crippen LogP contribution is 2.31. The fourth-order valence-electron chi connectivity index (χ4n) is 3.39. The van der Waals surface area contributed by atoms with Crippen molar-refractivity contribution in [1.82, 2.24) is 14.2 Å². The highest BCUT2D eigenvalue weighted by molar-refractivity contribution is 5.83. The van der Waals surface area contributed by atoms with Crippen LogP contribution >= 0.6 is 0 Å². The molecule has 8 heteroatoms. The van der Waals surface area contributed by atoms with Crippen molar-refractivity contribution in [2.45, 2.75) is 20.0 Å². The lowest BCUT2D eigenvalue weighted by atomic mass is 10.1.